The Labute approximate surface area is 121 Å². The monoisotopic (exact) mass is 325 g/mol. The molecule has 1 aromatic carbocycles. The summed E-state index contributed by atoms with van der Waals surface area (Å²) >= 11 is 11.6. The molecule has 1 atom stereocenters. The van der Waals surface area contributed by atoms with Crippen LogP contribution in [0.25, 0.3) is 0 Å². The molecule has 0 heterocycles. The zero-order valence-corrected chi connectivity index (χ0v) is 12.6. The third-order valence-electron chi connectivity index (χ3n) is 2.16. The second-order valence-corrected chi connectivity index (χ2v) is 6.11. The molecule has 0 aliphatic rings. The molecule has 0 saturated heterocycles. The van der Waals surface area contributed by atoms with Gasteiger partial charge in [-0.3, -0.25) is 4.79 Å². The van der Waals surface area contributed by atoms with Crippen LogP contribution in [0.2, 0.25) is 10.0 Å². The van der Waals surface area contributed by atoms with Gasteiger partial charge in [0.15, 0.2) is 0 Å². The van der Waals surface area contributed by atoms with Crippen molar-refractivity contribution in [2.75, 3.05) is 6.61 Å². The molecule has 0 saturated carbocycles. The van der Waals surface area contributed by atoms with E-state index in [0.29, 0.717) is 0 Å². The van der Waals surface area contributed by atoms with Gasteiger partial charge in [-0.05, 0) is 26.0 Å². The first kappa shape index (κ1) is 16.2. The predicted octanol–water partition coefficient (Wildman–Crippen LogP) is 2.22. The number of benzene rings is 1. The van der Waals surface area contributed by atoms with Gasteiger partial charge in [0.05, 0.1) is 16.7 Å². The topological polar surface area (TPSA) is 72.5 Å². The third-order valence-corrected chi connectivity index (χ3v) is 4.65. The Bertz CT molecular complexity index is 554. The minimum atomic E-state index is -4.00. The molecule has 0 aromatic heterocycles. The van der Waals surface area contributed by atoms with Crippen molar-refractivity contribution in [3.63, 3.8) is 0 Å². The summed E-state index contributed by atoms with van der Waals surface area (Å²) in [6.45, 7) is 3.17. The lowest BCUT2D eigenvalue weighted by Gasteiger charge is -2.14. The van der Waals surface area contributed by atoms with E-state index in [1.54, 1.807) is 6.92 Å². The van der Waals surface area contributed by atoms with Gasteiger partial charge in [0, 0.05) is 0 Å². The Morgan fingerprint density at radius 2 is 1.89 bits per heavy atom. The molecule has 0 spiro atoms. The van der Waals surface area contributed by atoms with Gasteiger partial charge in [-0.15, -0.1) is 0 Å². The number of hydrogen-bond donors (Lipinski definition) is 1. The van der Waals surface area contributed by atoms with Gasteiger partial charge >= 0.3 is 5.97 Å². The minimum absolute atomic E-state index is 0.0175. The first-order valence-electron chi connectivity index (χ1n) is 5.42. The third kappa shape index (κ3) is 4.07. The van der Waals surface area contributed by atoms with Crippen molar-refractivity contribution in [3.05, 3.63) is 28.2 Å². The Hall–Kier alpha value is -0.820. The van der Waals surface area contributed by atoms with E-state index in [1.807, 2.05) is 0 Å². The van der Waals surface area contributed by atoms with E-state index in [-0.39, 0.29) is 21.5 Å². The fraction of sp³-hybridized carbons (Fsp3) is 0.364. The van der Waals surface area contributed by atoms with Gasteiger partial charge in [-0.25, -0.2) is 8.42 Å². The molecule has 106 valence electrons. The van der Waals surface area contributed by atoms with Crippen LogP contribution in [0.1, 0.15) is 13.8 Å². The van der Waals surface area contributed by atoms with Gasteiger partial charge in [0.25, 0.3) is 0 Å². The van der Waals surface area contributed by atoms with Crippen molar-refractivity contribution in [1.82, 2.24) is 4.72 Å². The summed E-state index contributed by atoms with van der Waals surface area (Å²) in [4.78, 5) is 11.2. The molecule has 1 N–H and O–H groups in total. The molecule has 0 fully saturated rings. The molecular weight excluding hydrogens is 313 g/mol. The molecule has 0 radical (unpaired) electrons. The van der Waals surface area contributed by atoms with Crippen molar-refractivity contribution in [3.8, 4) is 0 Å². The summed E-state index contributed by atoms with van der Waals surface area (Å²) in [6, 6.07) is 3.30. The van der Waals surface area contributed by atoms with Crippen molar-refractivity contribution >= 4 is 39.2 Å². The summed E-state index contributed by atoms with van der Waals surface area (Å²) in [5.41, 5.74) is 0. The number of rotatable bonds is 5. The van der Waals surface area contributed by atoms with E-state index in [1.165, 1.54) is 25.1 Å². The van der Waals surface area contributed by atoms with Crippen LogP contribution in [0.3, 0.4) is 0 Å². The second kappa shape index (κ2) is 6.56. The zero-order valence-electron chi connectivity index (χ0n) is 10.3. The smallest absolute Gasteiger partial charge is 0.323 e. The van der Waals surface area contributed by atoms with E-state index in [9.17, 15) is 13.2 Å². The average molecular weight is 326 g/mol. The van der Waals surface area contributed by atoms with Crippen LogP contribution in [-0.4, -0.2) is 27.0 Å². The summed E-state index contributed by atoms with van der Waals surface area (Å²) in [7, 11) is -4.00. The molecule has 0 aliphatic carbocycles. The number of carbonyl (C=O) groups excluding carboxylic acids is 1. The highest BCUT2D eigenvalue weighted by Gasteiger charge is 2.26. The summed E-state index contributed by atoms with van der Waals surface area (Å²) in [5, 5.41) is -0.0351. The summed E-state index contributed by atoms with van der Waals surface area (Å²) in [6.07, 6.45) is 0. The van der Waals surface area contributed by atoms with Crippen molar-refractivity contribution in [2.24, 2.45) is 0 Å². The van der Waals surface area contributed by atoms with Crippen LogP contribution in [0.15, 0.2) is 23.1 Å². The maximum atomic E-state index is 12.1. The number of ether oxygens (including phenoxy) is 1. The lowest BCUT2D eigenvalue weighted by molar-refractivity contribution is -0.144. The van der Waals surface area contributed by atoms with Crippen molar-refractivity contribution in [1.29, 1.82) is 0 Å². The molecular formula is C11H13Cl2NO4S. The van der Waals surface area contributed by atoms with Crippen LogP contribution < -0.4 is 4.72 Å². The number of carbonyl (C=O) groups is 1. The SMILES string of the molecule is CCOC(=O)C(C)NS(=O)(=O)c1c(Cl)cccc1Cl. The van der Waals surface area contributed by atoms with E-state index in [2.05, 4.69) is 4.72 Å². The lowest BCUT2D eigenvalue weighted by Crippen LogP contribution is -2.39. The van der Waals surface area contributed by atoms with Gasteiger partial charge in [-0.1, -0.05) is 29.3 Å². The number of hydrogen-bond acceptors (Lipinski definition) is 4. The van der Waals surface area contributed by atoms with E-state index < -0.39 is 22.0 Å². The van der Waals surface area contributed by atoms with Gasteiger partial charge in [0.2, 0.25) is 10.0 Å². The van der Waals surface area contributed by atoms with Crippen LogP contribution >= 0.6 is 23.2 Å². The molecule has 0 aliphatic heterocycles. The molecule has 1 rings (SSSR count). The standard InChI is InChI=1S/C11H13Cl2NO4S/c1-3-18-11(15)7(2)14-19(16,17)10-8(12)5-4-6-9(10)13/h4-7,14H,3H2,1-2H3. The van der Waals surface area contributed by atoms with Crippen LogP contribution in [0, 0.1) is 0 Å². The highest BCUT2D eigenvalue weighted by Crippen LogP contribution is 2.28. The largest absolute Gasteiger partial charge is 0.465 e. The minimum Gasteiger partial charge on any atom is -0.465 e. The van der Waals surface area contributed by atoms with E-state index in [4.69, 9.17) is 27.9 Å². The van der Waals surface area contributed by atoms with Crippen LogP contribution in [-0.2, 0) is 19.6 Å². The fourth-order valence-corrected chi connectivity index (χ4v) is 3.68. The number of halogens is 2. The van der Waals surface area contributed by atoms with Crippen LogP contribution in [0.4, 0.5) is 0 Å². The number of sulfonamides is 1. The van der Waals surface area contributed by atoms with Gasteiger partial charge in [-0.2, -0.15) is 4.72 Å². The Morgan fingerprint density at radius 3 is 2.37 bits per heavy atom. The number of nitrogens with one attached hydrogen (secondary N) is 1. The first-order chi connectivity index (χ1) is 8.79. The summed E-state index contributed by atoms with van der Waals surface area (Å²) in [5.74, 6) is -0.672. The van der Waals surface area contributed by atoms with Gasteiger partial charge < -0.3 is 4.74 Å². The normalized spacial score (nSPS) is 13.1. The predicted molar refractivity (Wildman–Crippen MR) is 72.9 cm³/mol. The molecule has 0 amide bonds. The van der Waals surface area contributed by atoms with Crippen molar-refractivity contribution in [2.45, 2.75) is 24.8 Å². The molecule has 19 heavy (non-hydrogen) atoms. The maximum Gasteiger partial charge on any atom is 0.323 e. The van der Waals surface area contributed by atoms with Crippen molar-refractivity contribution < 1.29 is 17.9 Å². The Morgan fingerprint density at radius 1 is 1.37 bits per heavy atom. The number of esters is 1. The molecule has 5 nitrogen and oxygen atoms in total. The van der Waals surface area contributed by atoms with Gasteiger partial charge in [0.1, 0.15) is 10.9 Å². The van der Waals surface area contributed by atoms with E-state index in [0.717, 1.165) is 0 Å². The lowest BCUT2D eigenvalue weighted by atomic mass is 10.4. The van der Waals surface area contributed by atoms with Crippen LogP contribution in [0.5, 0.6) is 0 Å². The second-order valence-electron chi connectivity index (χ2n) is 3.65. The average Bonchev–Trinajstić information content (AvgIpc) is 2.27. The van der Waals surface area contributed by atoms with E-state index >= 15 is 0 Å². The summed E-state index contributed by atoms with van der Waals surface area (Å²) < 4.78 is 31.1. The molecule has 1 unspecified atom stereocenters. The molecule has 0 bridgehead atoms. The maximum absolute atomic E-state index is 12.1. The highest BCUT2D eigenvalue weighted by molar-refractivity contribution is 7.89. The highest BCUT2D eigenvalue weighted by atomic mass is 35.5. The first-order valence-corrected chi connectivity index (χ1v) is 7.66. The molecule has 8 heteroatoms. The fourth-order valence-electron chi connectivity index (χ4n) is 1.35. The Balaban J connectivity index is 3.03. The Kier molecular flexibility index (Phi) is 5.61. The quantitative estimate of drug-likeness (QED) is 0.842. The zero-order chi connectivity index (χ0) is 14.6. The molecule has 1 aromatic rings.